The molecule has 1 aromatic heterocycles. The fourth-order valence-electron chi connectivity index (χ4n) is 1.97. The lowest BCUT2D eigenvalue weighted by atomic mass is 10.2. The number of rotatable bonds is 5. The molecule has 0 aliphatic heterocycles. The number of carbonyl (C=O) groups is 1. The molecule has 0 aliphatic carbocycles. The molecule has 0 radical (unpaired) electrons. The number of benzene rings is 2. The van der Waals surface area contributed by atoms with Crippen LogP contribution >= 0.6 is 23.2 Å². The fraction of sp³-hybridized carbons (Fsp3) is 0.0625. The van der Waals surface area contributed by atoms with Crippen molar-refractivity contribution in [2.24, 2.45) is 0 Å². The molecule has 3 aromatic rings. The van der Waals surface area contributed by atoms with Gasteiger partial charge in [-0.15, -0.1) is 0 Å². The molecular formula is C16H10Cl2N2O4. The van der Waals surface area contributed by atoms with Gasteiger partial charge in [0.1, 0.15) is 11.3 Å². The van der Waals surface area contributed by atoms with Crippen molar-refractivity contribution in [1.29, 1.82) is 0 Å². The highest BCUT2D eigenvalue weighted by Gasteiger charge is 2.14. The Morgan fingerprint density at radius 1 is 1.17 bits per heavy atom. The van der Waals surface area contributed by atoms with Crippen LogP contribution in [0.15, 0.2) is 47.0 Å². The molecule has 24 heavy (non-hydrogen) atoms. The van der Waals surface area contributed by atoms with Crippen LogP contribution in [0.4, 0.5) is 0 Å². The quantitative estimate of drug-likeness (QED) is 0.725. The van der Waals surface area contributed by atoms with Gasteiger partial charge in [-0.25, -0.2) is 4.79 Å². The molecule has 1 N–H and O–H groups in total. The van der Waals surface area contributed by atoms with Crippen LogP contribution in [-0.4, -0.2) is 21.2 Å². The molecule has 1 heterocycles. The molecule has 122 valence electrons. The Balaban J connectivity index is 1.75. The summed E-state index contributed by atoms with van der Waals surface area (Å²) < 4.78 is 10.6. The summed E-state index contributed by atoms with van der Waals surface area (Å²) in [5.74, 6) is -0.318. The molecule has 0 amide bonds. The number of hydrogen-bond donors (Lipinski definition) is 1. The first-order valence-corrected chi connectivity index (χ1v) is 7.53. The molecule has 0 bridgehead atoms. The maximum atomic E-state index is 11.1. The number of aromatic carboxylic acids is 1. The largest absolute Gasteiger partial charge is 0.483 e. The summed E-state index contributed by atoms with van der Waals surface area (Å²) in [7, 11) is 0. The topological polar surface area (TPSA) is 85.5 Å². The second kappa shape index (κ2) is 6.90. The van der Waals surface area contributed by atoms with E-state index in [2.05, 4.69) is 10.1 Å². The average Bonchev–Trinajstić information content (AvgIpc) is 3.04. The minimum atomic E-state index is -1.08. The van der Waals surface area contributed by atoms with E-state index in [4.69, 9.17) is 37.6 Å². The van der Waals surface area contributed by atoms with Crippen molar-refractivity contribution < 1.29 is 19.2 Å². The molecule has 0 spiro atoms. The molecule has 0 saturated carbocycles. The summed E-state index contributed by atoms with van der Waals surface area (Å²) in [6.07, 6.45) is 0. The van der Waals surface area contributed by atoms with Crippen molar-refractivity contribution >= 4 is 29.2 Å². The van der Waals surface area contributed by atoms with E-state index in [1.807, 2.05) is 0 Å². The van der Waals surface area contributed by atoms with Crippen LogP contribution in [0.2, 0.25) is 10.0 Å². The minimum Gasteiger partial charge on any atom is -0.483 e. The number of nitrogens with zero attached hydrogens (tertiary/aromatic N) is 2. The zero-order valence-electron chi connectivity index (χ0n) is 12.1. The molecule has 0 saturated heterocycles. The van der Waals surface area contributed by atoms with Gasteiger partial charge in [-0.3, -0.25) is 0 Å². The van der Waals surface area contributed by atoms with Gasteiger partial charge < -0.3 is 14.4 Å². The van der Waals surface area contributed by atoms with Crippen molar-refractivity contribution in [3.8, 4) is 17.1 Å². The van der Waals surface area contributed by atoms with Gasteiger partial charge in [0.15, 0.2) is 6.61 Å². The third kappa shape index (κ3) is 3.50. The first-order valence-electron chi connectivity index (χ1n) is 6.77. The normalized spacial score (nSPS) is 10.6. The second-order valence-electron chi connectivity index (χ2n) is 4.73. The monoisotopic (exact) mass is 364 g/mol. The zero-order valence-corrected chi connectivity index (χ0v) is 13.6. The van der Waals surface area contributed by atoms with Crippen LogP contribution in [-0.2, 0) is 6.61 Å². The number of para-hydroxylation sites is 1. The standard InChI is InChI=1S/C16H10Cl2N2O4/c17-11-6-5-9(7-12(11)18)15-19-14(24-20-15)8-23-13-4-2-1-3-10(13)16(21)22/h1-7H,8H2,(H,21,22). The number of hydrogen-bond acceptors (Lipinski definition) is 5. The van der Waals surface area contributed by atoms with E-state index < -0.39 is 5.97 Å². The molecule has 0 atom stereocenters. The van der Waals surface area contributed by atoms with Crippen LogP contribution < -0.4 is 4.74 Å². The number of ether oxygens (including phenoxy) is 1. The van der Waals surface area contributed by atoms with Gasteiger partial charge in [0.05, 0.1) is 10.0 Å². The number of carboxylic acids is 1. The molecular weight excluding hydrogens is 355 g/mol. The van der Waals surface area contributed by atoms with Crippen LogP contribution in [0, 0.1) is 0 Å². The predicted octanol–water partition coefficient (Wildman–Crippen LogP) is 4.32. The zero-order chi connectivity index (χ0) is 17.1. The summed E-state index contributed by atoms with van der Waals surface area (Å²) in [4.78, 5) is 15.3. The fourth-order valence-corrected chi connectivity index (χ4v) is 2.27. The molecule has 3 rings (SSSR count). The Hall–Kier alpha value is -2.57. The van der Waals surface area contributed by atoms with Gasteiger partial charge >= 0.3 is 5.97 Å². The average molecular weight is 365 g/mol. The van der Waals surface area contributed by atoms with Crippen LogP contribution in [0.3, 0.4) is 0 Å². The van der Waals surface area contributed by atoms with Gasteiger partial charge in [-0.2, -0.15) is 4.98 Å². The van der Waals surface area contributed by atoms with E-state index in [9.17, 15) is 4.79 Å². The van der Waals surface area contributed by atoms with E-state index >= 15 is 0 Å². The van der Waals surface area contributed by atoms with E-state index in [0.29, 0.717) is 21.4 Å². The second-order valence-corrected chi connectivity index (χ2v) is 5.54. The van der Waals surface area contributed by atoms with Crippen molar-refractivity contribution in [3.05, 3.63) is 64.0 Å². The Kier molecular flexibility index (Phi) is 4.69. The van der Waals surface area contributed by atoms with Crippen LogP contribution in [0.25, 0.3) is 11.4 Å². The van der Waals surface area contributed by atoms with Gasteiger partial charge in [0, 0.05) is 5.56 Å². The third-order valence-corrected chi connectivity index (χ3v) is 3.85. The highest BCUT2D eigenvalue weighted by molar-refractivity contribution is 6.42. The highest BCUT2D eigenvalue weighted by Crippen LogP contribution is 2.27. The highest BCUT2D eigenvalue weighted by atomic mass is 35.5. The summed E-state index contributed by atoms with van der Waals surface area (Å²) >= 11 is 11.8. The smallest absolute Gasteiger partial charge is 0.339 e. The van der Waals surface area contributed by atoms with E-state index in [-0.39, 0.29) is 23.8 Å². The summed E-state index contributed by atoms with van der Waals surface area (Å²) in [5, 5.41) is 13.8. The lowest BCUT2D eigenvalue weighted by Gasteiger charge is -2.06. The van der Waals surface area contributed by atoms with Crippen LogP contribution in [0.5, 0.6) is 5.75 Å². The molecule has 2 aromatic carbocycles. The summed E-state index contributed by atoms with van der Waals surface area (Å²) in [5.41, 5.74) is 0.701. The van der Waals surface area contributed by atoms with Crippen molar-refractivity contribution in [1.82, 2.24) is 10.1 Å². The third-order valence-electron chi connectivity index (χ3n) is 3.11. The van der Waals surface area contributed by atoms with Gasteiger partial charge in [0.2, 0.25) is 5.82 Å². The molecule has 0 fully saturated rings. The van der Waals surface area contributed by atoms with Crippen molar-refractivity contribution in [3.63, 3.8) is 0 Å². The molecule has 0 unspecified atom stereocenters. The molecule has 8 heteroatoms. The van der Waals surface area contributed by atoms with Crippen molar-refractivity contribution in [2.75, 3.05) is 0 Å². The maximum Gasteiger partial charge on any atom is 0.339 e. The van der Waals surface area contributed by atoms with Gasteiger partial charge in [-0.05, 0) is 30.3 Å². The lowest BCUT2D eigenvalue weighted by molar-refractivity contribution is 0.0691. The summed E-state index contributed by atoms with van der Waals surface area (Å²) in [6, 6.07) is 11.3. The minimum absolute atomic E-state index is 0.0569. The maximum absolute atomic E-state index is 11.1. The Bertz CT molecular complexity index is 895. The molecule has 0 aliphatic rings. The Morgan fingerprint density at radius 2 is 1.96 bits per heavy atom. The number of halogens is 2. The first kappa shape index (κ1) is 16.3. The summed E-state index contributed by atoms with van der Waals surface area (Å²) in [6.45, 7) is -0.0569. The predicted molar refractivity (Wildman–Crippen MR) is 87.5 cm³/mol. The van der Waals surface area contributed by atoms with Gasteiger partial charge in [-0.1, -0.05) is 40.5 Å². The molecule has 6 nitrogen and oxygen atoms in total. The lowest BCUT2D eigenvalue weighted by Crippen LogP contribution is -2.03. The number of aromatic nitrogens is 2. The van der Waals surface area contributed by atoms with E-state index in [0.717, 1.165) is 0 Å². The van der Waals surface area contributed by atoms with E-state index in [1.54, 1.807) is 36.4 Å². The van der Waals surface area contributed by atoms with Crippen molar-refractivity contribution in [2.45, 2.75) is 6.61 Å². The first-order chi connectivity index (χ1) is 11.5. The van der Waals surface area contributed by atoms with Crippen LogP contribution in [0.1, 0.15) is 16.2 Å². The Labute approximate surface area is 146 Å². The van der Waals surface area contributed by atoms with Gasteiger partial charge in [0.25, 0.3) is 5.89 Å². The number of carboxylic acid groups (broad SMARTS) is 1. The SMILES string of the molecule is O=C(O)c1ccccc1OCc1nc(-c2ccc(Cl)c(Cl)c2)no1. The Morgan fingerprint density at radius 3 is 2.71 bits per heavy atom. The van der Waals surface area contributed by atoms with E-state index in [1.165, 1.54) is 6.07 Å².